The largest absolute Gasteiger partial charge is 0.465 e. The average Bonchev–Trinajstić information content (AvgIpc) is 2.35. The molecule has 22 heavy (non-hydrogen) atoms. The molecule has 2 amide bonds. The Morgan fingerprint density at radius 2 is 1.91 bits per heavy atom. The maximum absolute atomic E-state index is 11.8. The van der Waals surface area contributed by atoms with E-state index in [0.29, 0.717) is 23.2 Å². The van der Waals surface area contributed by atoms with Gasteiger partial charge in [0.05, 0.1) is 5.69 Å². The molecule has 1 aromatic carbocycles. The van der Waals surface area contributed by atoms with Crippen LogP contribution in [0.5, 0.6) is 0 Å². The first-order valence-electron chi connectivity index (χ1n) is 6.47. The molecule has 3 N–H and O–H groups in total. The molecule has 0 heterocycles. The lowest BCUT2D eigenvalue weighted by Gasteiger charge is -2.20. The zero-order chi connectivity index (χ0) is 16.8. The van der Waals surface area contributed by atoms with E-state index in [0.717, 1.165) is 0 Å². The summed E-state index contributed by atoms with van der Waals surface area (Å²) >= 11 is 0. The lowest BCUT2D eigenvalue weighted by atomic mass is 10.1. The second-order valence-electron chi connectivity index (χ2n) is 5.35. The molecular formula is C15H18N2O5. The molecule has 0 unspecified atom stereocenters. The number of aldehydes is 1. The van der Waals surface area contributed by atoms with Crippen LogP contribution in [0.1, 0.15) is 26.3 Å². The summed E-state index contributed by atoms with van der Waals surface area (Å²) in [6, 6.07) is 4.49. The molecule has 0 fully saturated rings. The standard InChI is InChI=1S/C15H18N2O5/c1-15(2,3)22-14(21)17-12-7-6-11(16-13(19)20)9-10(12)5-4-8-18/h4-9,16H,1-3H3,(H,17,21)(H,19,20). The number of carbonyl (C=O) groups excluding carboxylic acids is 2. The van der Waals surface area contributed by atoms with Crippen molar-refractivity contribution in [2.24, 2.45) is 0 Å². The molecule has 0 radical (unpaired) electrons. The van der Waals surface area contributed by atoms with Gasteiger partial charge in [0.25, 0.3) is 0 Å². The number of hydrogen-bond donors (Lipinski definition) is 3. The van der Waals surface area contributed by atoms with Gasteiger partial charge in [-0.2, -0.15) is 0 Å². The number of carbonyl (C=O) groups is 3. The van der Waals surface area contributed by atoms with Crippen LogP contribution in [0.2, 0.25) is 0 Å². The number of allylic oxidation sites excluding steroid dienone is 1. The van der Waals surface area contributed by atoms with E-state index in [2.05, 4.69) is 10.6 Å². The molecule has 0 atom stereocenters. The van der Waals surface area contributed by atoms with Crippen LogP contribution >= 0.6 is 0 Å². The first-order chi connectivity index (χ1) is 10.2. The van der Waals surface area contributed by atoms with Gasteiger partial charge in [-0.3, -0.25) is 15.4 Å². The van der Waals surface area contributed by atoms with E-state index in [-0.39, 0.29) is 0 Å². The van der Waals surface area contributed by atoms with E-state index in [4.69, 9.17) is 9.84 Å². The normalized spacial score (nSPS) is 11.0. The fourth-order valence-electron chi connectivity index (χ4n) is 1.57. The minimum Gasteiger partial charge on any atom is -0.465 e. The van der Waals surface area contributed by atoms with Gasteiger partial charge in [-0.15, -0.1) is 0 Å². The molecule has 0 bridgehead atoms. The van der Waals surface area contributed by atoms with Crippen molar-refractivity contribution >= 4 is 35.9 Å². The van der Waals surface area contributed by atoms with Crippen molar-refractivity contribution in [2.45, 2.75) is 26.4 Å². The van der Waals surface area contributed by atoms with E-state index in [9.17, 15) is 14.4 Å². The predicted octanol–water partition coefficient (Wildman–Crippen LogP) is 3.34. The molecule has 0 spiro atoms. The van der Waals surface area contributed by atoms with Gasteiger partial charge in [0.2, 0.25) is 0 Å². The number of nitrogens with one attached hydrogen (secondary N) is 2. The Bertz CT molecular complexity index is 602. The van der Waals surface area contributed by atoms with Gasteiger partial charge in [-0.25, -0.2) is 9.59 Å². The Balaban J connectivity index is 3.02. The number of hydrogen-bond acceptors (Lipinski definition) is 4. The van der Waals surface area contributed by atoms with Crippen LogP contribution in [-0.2, 0) is 9.53 Å². The van der Waals surface area contributed by atoms with Crippen molar-refractivity contribution in [3.05, 3.63) is 29.8 Å². The van der Waals surface area contributed by atoms with Gasteiger partial charge in [0, 0.05) is 11.3 Å². The van der Waals surface area contributed by atoms with Crippen LogP contribution in [-0.4, -0.2) is 29.2 Å². The summed E-state index contributed by atoms with van der Waals surface area (Å²) in [7, 11) is 0. The minimum absolute atomic E-state index is 0.313. The Hall–Kier alpha value is -2.83. The molecule has 0 aliphatic carbocycles. The smallest absolute Gasteiger partial charge is 0.412 e. The predicted molar refractivity (Wildman–Crippen MR) is 83.0 cm³/mol. The second kappa shape index (κ2) is 7.26. The molecular weight excluding hydrogens is 288 g/mol. The third kappa shape index (κ3) is 6.08. The van der Waals surface area contributed by atoms with E-state index in [1.54, 1.807) is 20.8 Å². The summed E-state index contributed by atoms with van der Waals surface area (Å²) in [4.78, 5) is 32.9. The number of carboxylic acid groups (broad SMARTS) is 1. The zero-order valence-corrected chi connectivity index (χ0v) is 12.5. The minimum atomic E-state index is -1.21. The summed E-state index contributed by atoms with van der Waals surface area (Å²) in [5.41, 5.74) is 0.522. The van der Waals surface area contributed by atoms with Crippen molar-refractivity contribution in [1.82, 2.24) is 0 Å². The van der Waals surface area contributed by atoms with Crippen LogP contribution in [0.4, 0.5) is 21.0 Å². The van der Waals surface area contributed by atoms with E-state index in [1.807, 2.05) is 0 Å². The molecule has 1 rings (SSSR count). The van der Waals surface area contributed by atoms with Gasteiger partial charge in [-0.1, -0.05) is 0 Å². The molecule has 0 saturated heterocycles. The second-order valence-corrected chi connectivity index (χ2v) is 5.35. The van der Waals surface area contributed by atoms with Gasteiger partial charge >= 0.3 is 12.2 Å². The Morgan fingerprint density at radius 1 is 1.23 bits per heavy atom. The van der Waals surface area contributed by atoms with Crippen molar-refractivity contribution in [3.63, 3.8) is 0 Å². The quantitative estimate of drug-likeness (QED) is 0.584. The SMILES string of the molecule is CC(C)(C)OC(=O)Nc1ccc(NC(=O)O)cc1C=CC=O. The van der Waals surface area contributed by atoms with Crippen LogP contribution in [0, 0.1) is 0 Å². The number of rotatable bonds is 4. The Morgan fingerprint density at radius 3 is 2.45 bits per heavy atom. The van der Waals surface area contributed by atoms with Crippen molar-refractivity contribution in [3.8, 4) is 0 Å². The van der Waals surface area contributed by atoms with E-state index in [1.165, 1.54) is 30.4 Å². The molecule has 1 aromatic rings. The first-order valence-corrected chi connectivity index (χ1v) is 6.47. The van der Waals surface area contributed by atoms with Crippen molar-refractivity contribution in [1.29, 1.82) is 0 Å². The fourth-order valence-corrected chi connectivity index (χ4v) is 1.57. The monoisotopic (exact) mass is 306 g/mol. The first kappa shape index (κ1) is 17.2. The molecule has 0 aromatic heterocycles. The van der Waals surface area contributed by atoms with Crippen molar-refractivity contribution in [2.75, 3.05) is 10.6 Å². The third-order valence-electron chi connectivity index (χ3n) is 2.29. The van der Waals surface area contributed by atoms with Gasteiger partial charge < -0.3 is 9.84 Å². The topological polar surface area (TPSA) is 105 Å². The maximum atomic E-state index is 11.8. The summed E-state index contributed by atoms with van der Waals surface area (Å²) in [6.07, 6.45) is 1.41. The van der Waals surface area contributed by atoms with Crippen LogP contribution in [0.15, 0.2) is 24.3 Å². The van der Waals surface area contributed by atoms with Gasteiger partial charge in [-0.05, 0) is 51.1 Å². The Labute approximate surface area is 128 Å². The van der Waals surface area contributed by atoms with E-state index < -0.39 is 17.8 Å². The highest BCUT2D eigenvalue weighted by atomic mass is 16.6. The van der Waals surface area contributed by atoms with Crippen LogP contribution in [0.3, 0.4) is 0 Å². The Kier molecular flexibility index (Phi) is 5.68. The van der Waals surface area contributed by atoms with E-state index >= 15 is 0 Å². The number of amides is 2. The van der Waals surface area contributed by atoms with Gasteiger partial charge in [0.1, 0.15) is 11.9 Å². The summed E-state index contributed by atoms with van der Waals surface area (Å²) in [6.45, 7) is 5.21. The van der Waals surface area contributed by atoms with Crippen LogP contribution < -0.4 is 10.6 Å². The molecule has 0 aliphatic rings. The highest BCUT2D eigenvalue weighted by molar-refractivity contribution is 5.91. The zero-order valence-electron chi connectivity index (χ0n) is 12.5. The summed E-state index contributed by atoms with van der Waals surface area (Å²) in [5, 5.41) is 13.4. The fraction of sp³-hybridized carbons (Fsp3) is 0.267. The average molecular weight is 306 g/mol. The number of benzene rings is 1. The number of ether oxygens (including phenoxy) is 1. The highest BCUT2D eigenvalue weighted by Crippen LogP contribution is 2.23. The summed E-state index contributed by atoms with van der Waals surface area (Å²) in [5.74, 6) is 0. The molecule has 7 heteroatoms. The maximum Gasteiger partial charge on any atom is 0.412 e. The lowest BCUT2D eigenvalue weighted by molar-refractivity contribution is -0.104. The molecule has 0 saturated carbocycles. The van der Waals surface area contributed by atoms with Crippen LogP contribution in [0.25, 0.3) is 6.08 Å². The molecule has 118 valence electrons. The molecule has 7 nitrogen and oxygen atoms in total. The van der Waals surface area contributed by atoms with Gasteiger partial charge in [0.15, 0.2) is 0 Å². The third-order valence-corrected chi connectivity index (χ3v) is 2.29. The summed E-state index contributed by atoms with van der Waals surface area (Å²) < 4.78 is 5.14. The highest BCUT2D eigenvalue weighted by Gasteiger charge is 2.17. The lowest BCUT2D eigenvalue weighted by Crippen LogP contribution is -2.27. The molecule has 0 aliphatic heterocycles. The number of anilines is 2. The van der Waals surface area contributed by atoms with Crippen molar-refractivity contribution < 1.29 is 24.2 Å².